The fourth-order valence-electron chi connectivity index (χ4n) is 2.81. The fourth-order valence-corrected chi connectivity index (χ4v) is 2.81. The number of pyridine rings is 1. The van der Waals surface area contributed by atoms with Crippen molar-refractivity contribution in [2.75, 3.05) is 5.32 Å². The topological polar surface area (TPSA) is 88.0 Å². The van der Waals surface area contributed by atoms with E-state index in [2.05, 4.69) is 15.3 Å². The van der Waals surface area contributed by atoms with E-state index in [1.54, 1.807) is 37.5 Å². The highest BCUT2D eigenvalue weighted by molar-refractivity contribution is 6.12. The quantitative estimate of drug-likeness (QED) is 0.592. The molecule has 0 aliphatic rings. The number of rotatable bonds is 3. The molecule has 0 aliphatic carbocycles. The maximum atomic E-state index is 12.6. The number of fused-ring (bicyclic) bond motifs is 1. The number of amides is 1. The second kappa shape index (κ2) is 6.33. The number of hydrogen-bond acceptors (Lipinski definition) is 4. The van der Waals surface area contributed by atoms with Crippen LogP contribution in [0.15, 0.2) is 70.1 Å². The number of carbonyl (C=O) groups is 1. The fraction of sp³-hybridized carbons (Fsp3) is 0.0500. The predicted molar refractivity (Wildman–Crippen MR) is 99.2 cm³/mol. The second-order valence-corrected chi connectivity index (χ2v) is 5.88. The van der Waals surface area contributed by atoms with E-state index in [9.17, 15) is 9.59 Å². The Hall–Kier alpha value is -3.67. The van der Waals surface area contributed by atoms with Gasteiger partial charge in [-0.2, -0.15) is 0 Å². The number of aryl methyl sites for hydroxylation is 1. The molecule has 0 bridgehead atoms. The highest BCUT2D eigenvalue weighted by Gasteiger charge is 2.12. The molecule has 2 N–H and O–H groups in total. The van der Waals surface area contributed by atoms with Crippen molar-refractivity contribution >= 4 is 22.5 Å². The van der Waals surface area contributed by atoms with Gasteiger partial charge in [-0.05, 0) is 18.2 Å². The van der Waals surface area contributed by atoms with Crippen LogP contribution in [0.4, 0.5) is 5.69 Å². The number of nitrogens with zero attached hydrogens (tertiary/aromatic N) is 1. The van der Waals surface area contributed by atoms with E-state index in [-0.39, 0.29) is 11.5 Å². The molecule has 0 saturated carbocycles. The molecule has 4 rings (SSSR count). The molecule has 128 valence electrons. The van der Waals surface area contributed by atoms with Gasteiger partial charge in [-0.3, -0.25) is 9.59 Å². The first-order chi connectivity index (χ1) is 12.6. The molecule has 2 heterocycles. The molecule has 26 heavy (non-hydrogen) atoms. The van der Waals surface area contributed by atoms with Crippen LogP contribution < -0.4 is 10.9 Å². The van der Waals surface area contributed by atoms with Crippen molar-refractivity contribution in [2.45, 2.75) is 6.92 Å². The molecule has 2 aromatic carbocycles. The van der Waals surface area contributed by atoms with E-state index in [0.717, 1.165) is 11.3 Å². The summed E-state index contributed by atoms with van der Waals surface area (Å²) in [6.07, 6.45) is 1.59. The second-order valence-electron chi connectivity index (χ2n) is 5.88. The van der Waals surface area contributed by atoms with Crippen LogP contribution in [0.3, 0.4) is 0 Å². The largest absolute Gasteiger partial charge is 0.449 e. The standard InChI is InChI=1S/C20H15N3O3/c1-12-21-18(11-26-12)13-6-8-14(9-7-13)22-20(25)16-10-19(24)23-17-5-3-2-4-15(16)17/h2-11H,1H3,(H,22,25)(H,23,24). The Bertz CT molecular complexity index is 1160. The van der Waals surface area contributed by atoms with E-state index in [1.807, 2.05) is 24.3 Å². The molecule has 0 fully saturated rings. The lowest BCUT2D eigenvalue weighted by Crippen LogP contribution is -2.16. The van der Waals surface area contributed by atoms with Crippen molar-refractivity contribution in [3.63, 3.8) is 0 Å². The van der Waals surface area contributed by atoms with Crippen LogP contribution >= 0.6 is 0 Å². The van der Waals surface area contributed by atoms with Gasteiger partial charge in [-0.25, -0.2) is 4.98 Å². The Kier molecular flexibility index (Phi) is 3.85. The van der Waals surface area contributed by atoms with Crippen LogP contribution in [0.25, 0.3) is 22.2 Å². The molecule has 0 atom stereocenters. The molecule has 0 aliphatic heterocycles. The monoisotopic (exact) mass is 345 g/mol. The maximum Gasteiger partial charge on any atom is 0.256 e. The molecule has 4 aromatic rings. The van der Waals surface area contributed by atoms with Gasteiger partial charge < -0.3 is 14.7 Å². The molecular formula is C20H15N3O3. The minimum absolute atomic E-state index is 0.314. The molecule has 6 nitrogen and oxygen atoms in total. The van der Waals surface area contributed by atoms with Crippen LogP contribution in [-0.2, 0) is 0 Å². The number of aromatic nitrogens is 2. The first kappa shape index (κ1) is 15.8. The zero-order chi connectivity index (χ0) is 18.1. The van der Waals surface area contributed by atoms with Crippen molar-refractivity contribution in [3.05, 3.63) is 82.7 Å². The number of para-hydroxylation sites is 1. The van der Waals surface area contributed by atoms with Gasteiger partial charge in [0.1, 0.15) is 12.0 Å². The Morgan fingerprint density at radius 3 is 2.62 bits per heavy atom. The van der Waals surface area contributed by atoms with Crippen LogP contribution in [0.1, 0.15) is 16.2 Å². The predicted octanol–water partition coefficient (Wildman–Crippen LogP) is 3.74. The van der Waals surface area contributed by atoms with Gasteiger partial charge in [0, 0.05) is 35.1 Å². The lowest BCUT2D eigenvalue weighted by atomic mass is 10.1. The van der Waals surface area contributed by atoms with Gasteiger partial charge in [0.2, 0.25) is 5.56 Å². The molecule has 0 spiro atoms. The number of hydrogen-bond donors (Lipinski definition) is 2. The van der Waals surface area contributed by atoms with Crippen molar-refractivity contribution in [3.8, 4) is 11.3 Å². The van der Waals surface area contributed by atoms with E-state index in [4.69, 9.17) is 4.42 Å². The van der Waals surface area contributed by atoms with Crippen LogP contribution in [0.2, 0.25) is 0 Å². The summed E-state index contributed by atoms with van der Waals surface area (Å²) in [5, 5.41) is 3.52. The summed E-state index contributed by atoms with van der Waals surface area (Å²) in [5.74, 6) is 0.260. The zero-order valence-corrected chi connectivity index (χ0v) is 13.9. The number of aromatic amines is 1. The first-order valence-corrected chi connectivity index (χ1v) is 8.06. The summed E-state index contributed by atoms with van der Waals surface area (Å²) < 4.78 is 5.21. The SMILES string of the molecule is Cc1nc(-c2ccc(NC(=O)c3cc(=O)[nH]c4ccccc34)cc2)co1. The molecule has 0 unspecified atom stereocenters. The summed E-state index contributed by atoms with van der Waals surface area (Å²) in [4.78, 5) is 31.5. The molecule has 6 heteroatoms. The summed E-state index contributed by atoms with van der Waals surface area (Å²) in [6.45, 7) is 1.78. The number of benzene rings is 2. The summed E-state index contributed by atoms with van der Waals surface area (Å²) in [5.41, 5.74) is 2.90. The summed E-state index contributed by atoms with van der Waals surface area (Å²) in [6, 6.07) is 15.8. The minimum Gasteiger partial charge on any atom is -0.449 e. The number of H-pyrrole nitrogens is 1. The Balaban J connectivity index is 1.62. The van der Waals surface area contributed by atoms with E-state index < -0.39 is 0 Å². The van der Waals surface area contributed by atoms with Gasteiger partial charge in [0.25, 0.3) is 5.91 Å². The number of nitrogens with one attached hydrogen (secondary N) is 2. The Labute approximate surface area is 148 Å². The smallest absolute Gasteiger partial charge is 0.256 e. The van der Waals surface area contributed by atoms with Crippen molar-refractivity contribution in [1.82, 2.24) is 9.97 Å². The molecule has 0 radical (unpaired) electrons. The summed E-state index contributed by atoms with van der Waals surface area (Å²) in [7, 11) is 0. The van der Waals surface area contributed by atoms with Crippen molar-refractivity contribution in [2.24, 2.45) is 0 Å². The number of oxazole rings is 1. The maximum absolute atomic E-state index is 12.6. The van der Waals surface area contributed by atoms with Gasteiger partial charge in [-0.15, -0.1) is 0 Å². The summed E-state index contributed by atoms with van der Waals surface area (Å²) >= 11 is 0. The normalized spacial score (nSPS) is 10.8. The average molecular weight is 345 g/mol. The highest BCUT2D eigenvalue weighted by atomic mass is 16.3. The third-order valence-electron chi connectivity index (χ3n) is 4.05. The van der Waals surface area contributed by atoms with Crippen LogP contribution in [0, 0.1) is 6.92 Å². The highest BCUT2D eigenvalue weighted by Crippen LogP contribution is 2.22. The lowest BCUT2D eigenvalue weighted by molar-refractivity contribution is 0.102. The lowest BCUT2D eigenvalue weighted by Gasteiger charge is -2.08. The Morgan fingerprint density at radius 2 is 1.88 bits per heavy atom. The van der Waals surface area contributed by atoms with E-state index in [0.29, 0.717) is 28.0 Å². The van der Waals surface area contributed by atoms with Gasteiger partial charge in [-0.1, -0.05) is 30.3 Å². The Morgan fingerprint density at radius 1 is 1.12 bits per heavy atom. The molecule has 2 aromatic heterocycles. The minimum atomic E-state index is -0.336. The molecule has 0 saturated heterocycles. The number of anilines is 1. The van der Waals surface area contributed by atoms with Crippen LogP contribution in [-0.4, -0.2) is 15.9 Å². The van der Waals surface area contributed by atoms with Gasteiger partial charge >= 0.3 is 0 Å². The third kappa shape index (κ3) is 3.00. The third-order valence-corrected chi connectivity index (χ3v) is 4.05. The van der Waals surface area contributed by atoms with Gasteiger partial charge in [0.15, 0.2) is 5.89 Å². The van der Waals surface area contributed by atoms with Crippen molar-refractivity contribution < 1.29 is 9.21 Å². The average Bonchev–Trinajstić information content (AvgIpc) is 3.08. The number of carbonyl (C=O) groups excluding carboxylic acids is 1. The van der Waals surface area contributed by atoms with Crippen molar-refractivity contribution in [1.29, 1.82) is 0 Å². The first-order valence-electron chi connectivity index (χ1n) is 8.06. The molecular weight excluding hydrogens is 330 g/mol. The molecule has 1 amide bonds. The van der Waals surface area contributed by atoms with E-state index in [1.165, 1.54) is 6.07 Å². The van der Waals surface area contributed by atoms with E-state index >= 15 is 0 Å². The van der Waals surface area contributed by atoms with Crippen LogP contribution in [0.5, 0.6) is 0 Å². The van der Waals surface area contributed by atoms with Gasteiger partial charge in [0.05, 0.1) is 5.56 Å². The zero-order valence-electron chi connectivity index (χ0n) is 13.9.